The Morgan fingerprint density at radius 3 is 2.31 bits per heavy atom. The molecule has 0 radical (unpaired) electrons. The molecular formula is C20H19N3O3. The van der Waals surface area contributed by atoms with E-state index >= 15 is 0 Å². The lowest BCUT2D eigenvalue weighted by molar-refractivity contribution is -0.120. The molecule has 0 saturated carbocycles. The molecule has 0 spiro atoms. The summed E-state index contributed by atoms with van der Waals surface area (Å²) in [5.41, 5.74) is 2.23. The van der Waals surface area contributed by atoms with E-state index in [1.165, 1.54) is 0 Å². The average molecular weight is 349 g/mol. The van der Waals surface area contributed by atoms with Crippen LogP contribution in [0.3, 0.4) is 0 Å². The number of nitrogens with zero attached hydrogens (tertiary/aromatic N) is 1. The lowest BCUT2D eigenvalue weighted by Gasteiger charge is -2.05. The number of aromatic nitrogens is 1. The van der Waals surface area contributed by atoms with Gasteiger partial charge in [0.25, 0.3) is 5.91 Å². The summed E-state index contributed by atoms with van der Waals surface area (Å²) in [4.78, 5) is 28.3. The molecule has 0 atom stereocenters. The van der Waals surface area contributed by atoms with Crippen LogP contribution in [0.25, 0.3) is 11.3 Å². The normalized spacial score (nSPS) is 10.3. The molecule has 0 fully saturated rings. The number of aryl methyl sites for hydroxylation is 1. The molecule has 3 aromatic rings. The number of hydrogen-bond donors (Lipinski definition) is 2. The Labute approximate surface area is 151 Å². The zero-order valence-electron chi connectivity index (χ0n) is 14.4. The SMILES string of the molecule is Cc1oc(CNC(=O)CNC(=O)c2ccccc2)nc1-c1ccccc1. The maximum Gasteiger partial charge on any atom is 0.251 e. The van der Waals surface area contributed by atoms with Gasteiger partial charge in [-0.15, -0.1) is 0 Å². The lowest BCUT2D eigenvalue weighted by atomic mass is 10.1. The van der Waals surface area contributed by atoms with Gasteiger partial charge in [0.05, 0.1) is 13.1 Å². The second-order valence-corrected chi connectivity index (χ2v) is 5.70. The monoisotopic (exact) mass is 349 g/mol. The summed E-state index contributed by atoms with van der Waals surface area (Å²) in [6.07, 6.45) is 0. The van der Waals surface area contributed by atoms with Gasteiger partial charge in [-0.05, 0) is 19.1 Å². The van der Waals surface area contributed by atoms with Gasteiger partial charge in [0.2, 0.25) is 11.8 Å². The van der Waals surface area contributed by atoms with Gasteiger partial charge in [0.1, 0.15) is 11.5 Å². The second kappa shape index (κ2) is 8.11. The van der Waals surface area contributed by atoms with E-state index in [9.17, 15) is 9.59 Å². The minimum atomic E-state index is -0.314. The topological polar surface area (TPSA) is 84.2 Å². The fraction of sp³-hybridized carbons (Fsp3) is 0.150. The number of nitrogens with one attached hydrogen (secondary N) is 2. The van der Waals surface area contributed by atoms with Crippen molar-refractivity contribution >= 4 is 11.8 Å². The predicted octanol–water partition coefficient (Wildman–Crippen LogP) is 2.70. The highest BCUT2D eigenvalue weighted by atomic mass is 16.4. The van der Waals surface area contributed by atoms with Gasteiger partial charge >= 0.3 is 0 Å². The first-order valence-corrected chi connectivity index (χ1v) is 8.25. The fourth-order valence-electron chi connectivity index (χ4n) is 2.48. The quantitative estimate of drug-likeness (QED) is 0.717. The van der Waals surface area contributed by atoms with Crippen molar-refractivity contribution in [1.29, 1.82) is 0 Å². The van der Waals surface area contributed by atoms with E-state index in [-0.39, 0.29) is 24.9 Å². The van der Waals surface area contributed by atoms with Crippen LogP contribution in [0.5, 0.6) is 0 Å². The summed E-state index contributed by atoms with van der Waals surface area (Å²) in [5, 5.41) is 5.26. The first-order valence-electron chi connectivity index (χ1n) is 8.25. The molecule has 1 heterocycles. The molecular weight excluding hydrogens is 330 g/mol. The van der Waals surface area contributed by atoms with Gasteiger partial charge < -0.3 is 15.1 Å². The minimum absolute atomic E-state index is 0.112. The van der Waals surface area contributed by atoms with Crippen LogP contribution in [-0.2, 0) is 11.3 Å². The summed E-state index contributed by atoms with van der Waals surface area (Å²) in [7, 11) is 0. The molecule has 2 amide bonds. The van der Waals surface area contributed by atoms with Crippen molar-refractivity contribution < 1.29 is 14.0 Å². The summed E-state index contributed by atoms with van der Waals surface area (Å²) in [5.74, 6) is 0.507. The Morgan fingerprint density at radius 1 is 0.962 bits per heavy atom. The van der Waals surface area contributed by atoms with Gasteiger partial charge in [-0.25, -0.2) is 4.98 Å². The summed E-state index contributed by atoms with van der Waals surface area (Å²) in [6, 6.07) is 18.4. The molecule has 2 aromatic carbocycles. The number of hydrogen-bond acceptors (Lipinski definition) is 4. The first kappa shape index (κ1) is 17.4. The van der Waals surface area contributed by atoms with Gasteiger partial charge in [-0.3, -0.25) is 9.59 Å². The van der Waals surface area contributed by atoms with Crippen molar-refractivity contribution in [1.82, 2.24) is 15.6 Å². The van der Waals surface area contributed by atoms with Gasteiger partial charge in [0.15, 0.2) is 0 Å². The number of rotatable bonds is 6. The van der Waals surface area contributed by atoms with E-state index < -0.39 is 0 Å². The molecule has 132 valence electrons. The highest BCUT2D eigenvalue weighted by Crippen LogP contribution is 2.22. The standard InChI is InChI=1S/C20H19N3O3/c1-14-19(15-8-4-2-5-9-15)23-18(26-14)13-21-17(24)12-22-20(25)16-10-6-3-7-11-16/h2-11H,12-13H2,1H3,(H,21,24)(H,22,25). The van der Waals surface area contributed by atoms with E-state index in [4.69, 9.17) is 4.42 Å². The van der Waals surface area contributed by atoms with E-state index in [1.54, 1.807) is 24.3 Å². The number of carbonyl (C=O) groups is 2. The van der Waals surface area contributed by atoms with Crippen LogP contribution in [0, 0.1) is 6.92 Å². The number of amides is 2. The molecule has 6 nitrogen and oxygen atoms in total. The van der Waals surface area contributed by atoms with Crippen LogP contribution in [0.15, 0.2) is 65.1 Å². The molecule has 0 aliphatic rings. The minimum Gasteiger partial charge on any atom is -0.443 e. The molecule has 0 bridgehead atoms. The van der Waals surface area contributed by atoms with E-state index in [0.717, 1.165) is 11.3 Å². The van der Waals surface area contributed by atoms with Crippen molar-refractivity contribution in [3.05, 3.63) is 77.9 Å². The molecule has 1 aromatic heterocycles. The van der Waals surface area contributed by atoms with Crippen LogP contribution < -0.4 is 10.6 Å². The molecule has 0 aliphatic heterocycles. The van der Waals surface area contributed by atoms with Crippen LogP contribution in [0.2, 0.25) is 0 Å². The highest BCUT2D eigenvalue weighted by molar-refractivity contribution is 5.96. The van der Waals surface area contributed by atoms with Gasteiger partial charge in [-0.1, -0.05) is 48.5 Å². The lowest BCUT2D eigenvalue weighted by Crippen LogP contribution is -2.36. The molecule has 0 unspecified atom stereocenters. The van der Waals surface area contributed by atoms with Gasteiger partial charge in [0, 0.05) is 11.1 Å². The van der Waals surface area contributed by atoms with Crippen molar-refractivity contribution in [3.63, 3.8) is 0 Å². The summed E-state index contributed by atoms with van der Waals surface area (Å²) < 4.78 is 5.60. The van der Waals surface area contributed by atoms with E-state index in [1.807, 2.05) is 43.3 Å². The molecule has 0 aliphatic carbocycles. The summed E-state index contributed by atoms with van der Waals surface area (Å²) in [6.45, 7) is 1.88. The molecule has 2 N–H and O–H groups in total. The van der Waals surface area contributed by atoms with Crippen LogP contribution >= 0.6 is 0 Å². The van der Waals surface area contributed by atoms with E-state index in [0.29, 0.717) is 17.2 Å². The Morgan fingerprint density at radius 2 is 1.62 bits per heavy atom. The third-order valence-corrected chi connectivity index (χ3v) is 3.77. The Hall–Kier alpha value is -3.41. The van der Waals surface area contributed by atoms with Crippen molar-refractivity contribution in [2.45, 2.75) is 13.5 Å². The third kappa shape index (κ3) is 4.36. The zero-order valence-corrected chi connectivity index (χ0v) is 14.4. The van der Waals surface area contributed by atoms with Gasteiger partial charge in [-0.2, -0.15) is 0 Å². The smallest absolute Gasteiger partial charge is 0.251 e. The third-order valence-electron chi connectivity index (χ3n) is 3.77. The average Bonchev–Trinajstić information content (AvgIpc) is 3.06. The van der Waals surface area contributed by atoms with Crippen LogP contribution in [0.1, 0.15) is 22.0 Å². The maximum atomic E-state index is 11.9. The van der Waals surface area contributed by atoms with Crippen LogP contribution in [0.4, 0.5) is 0 Å². The Balaban J connectivity index is 1.51. The fourth-order valence-corrected chi connectivity index (χ4v) is 2.48. The predicted molar refractivity (Wildman–Crippen MR) is 97.3 cm³/mol. The molecule has 26 heavy (non-hydrogen) atoms. The first-order chi connectivity index (χ1) is 12.6. The molecule has 6 heteroatoms. The number of benzene rings is 2. The second-order valence-electron chi connectivity index (χ2n) is 5.70. The molecule has 3 rings (SSSR count). The van der Waals surface area contributed by atoms with Crippen molar-refractivity contribution in [2.75, 3.05) is 6.54 Å². The number of oxazole rings is 1. The highest BCUT2D eigenvalue weighted by Gasteiger charge is 2.13. The maximum absolute atomic E-state index is 11.9. The van der Waals surface area contributed by atoms with Crippen molar-refractivity contribution in [3.8, 4) is 11.3 Å². The summed E-state index contributed by atoms with van der Waals surface area (Å²) >= 11 is 0. The van der Waals surface area contributed by atoms with Crippen molar-refractivity contribution in [2.24, 2.45) is 0 Å². The number of carbonyl (C=O) groups excluding carboxylic acids is 2. The Kier molecular flexibility index (Phi) is 5.43. The largest absolute Gasteiger partial charge is 0.443 e. The van der Waals surface area contributed by atoms with E-state index in [2.05, 4.69) is 15.6 Å². The molecule has 0 saturated heterocycles. The Bertz CT molecular complexity index is 889. The van der Waals surface area contributed by atoms with Crippen LogP contribution in [-0.4, -0.2) is 23.3 Å². The zero-order chi connectivity index (χ0) is 18.4.